The topological polar surface area (TPSA) is 52.5 Å². The average molecular weight is 241 g/mol. The molecule has 0 saturated carbocycles. The van der Waals surface area contributed by atoms with Crippen LogP contribution in [-0.2, 0) is 6.54 Å². The van der Waals surface area contributed by atoms with Gasteiger partial charge in [0.1, 0.15) is 0 Å². The van der Waals surface area contributed by atoms with Crippen molar-refractivity contribution < 1.29 is 10.0 Å². The summed E-state index contributed by atoms with van der Waals surface area (Å²) in [5.41, 5.74) is 0. The summed E-state index contributed by atoms with van der Waals surface area (Å²) in [4.78, 5) is 1.15. The monoisotopic (exact) mass is 241 g/mol. The van der Waals surface area contributed by atoms with Gasteiger partial charge in [0.15, 0.2) is 0 Å². The molecular weight excluding hydrogens is 221 g/mol. The molecule has 0 aliphatic rings. The molecule has 0 unspecified atom stereocenters. The van der Waals surface area contributed by atoms with Crippen molar-refractivity contribution >= 4 is 23.2 Å². The summed E-state index contributed by atoms with van der Waals surface area (Å²) in [6.07, 6.45) is 2.41. The van der Waals surface area contributed by atoms with E-state index in [1.165, 1.54) is 24.2 Å². The van der Waals surface area contributed by atoms with Gasteiger partial charge in [-0.2, -0.15) is 0 Å². The zero-order chi connectivity index (χ0) is 12.0. The van der Waals surface area contributed by atoms with E-state index in [1.54, 1.807) is 6.07 Å². The fraction of sp³-hybridized carbons (Fsp3) is 0.636. The lowest BCUT2D eigenvalue weighted by atomic mass is 9.90. The molecule has 0 aromatic carbocycles. The van der Waals surface area contributed by atoms with Crippen molar-refractivity contribution in [1.82, 2.24) is 5.32 Å². The molecule has 3 N–H and O–H groups in total. The first-order valence-corrected chi connectivity index (χ1v) is 6.64. The van der Waals surface area contributed by atoms with Gasteiger partial charge in [0.05, 0.1) is 0 Å². The van der Waals surface area contributed by atoms with Crippen LogP contribution in [0.25, 0.3) is 0 Å². The van der Waals surface area contributed by atoms with Crippen LogP contribution in [0.4, 0.5) is 0 Å². The molecule has 0 spiro atoms. The lowest BCUT2D eigenvalue weighted by molar-refractivity contribution is 0.427. The highest BCUT2D eigenvalue weighted by Gasteiger charge is 2.13. The molecule has 5 heteroatoms. The van der Waals surface area contributed by atoms with Crippen molar-refractivity contribution in [3.63, 3.8) is 0 Å². The summed E-state index contributed by atoms with van der Waals surface area (Å²) < 4.78 is 0.610. The van der Waals surface area contributed by atoms with Gasteiger partial charge in [0.25, 0.3) is 0 Å². The van der Waals surface area contributed by atoms with Gasteiger partial charge >= 0.3 is 7.12 Å². The molecule has 0 saturated heterocycles. The predicted molar refractivity (Wildman–Crippen MR) is 69.9 cm³/mol. The van der Waals surface area contributed by atoms with Crippen LogP contribution in [0.1, 0.15) is 31.6 Å². The van der Waals surface area contributed by atoms with E-state index in [0.717, 1.165) is 23.9 Å². The number of rotatable bonds is 7. The highest BCUT2D eigenvalue weighted by Crippen LogP contribution is 2.09. The van der Waals surface area contributed by atoms with E-state index in [4.69, 9.17) is 10.0 Å². The molecule has 16 heavy (non-hydrogen) atoms. The first kappa shape index (κ1) is 13.7. The summed E-state index contributed by atoms with van der Waals surface area (Å²) in [5.74, 6) is 0.739. The van der Waals surface area contributed by atoms with Crippen molar-refractivity contribution in [2.45, 2.75) is 33.2 Å². The van der Waals surface area contributed by atoms with Crippen molar-refractivity contribution in [3.05, 3.63) is 17.0 Å². The normalized spacial score (nSPS) is 11.1. The second-order valence-corrected chi connectivity index (χ2v) is 5.19. The van der Waals surface area contributed by atoms with E-state index in [0.29, 0.717) is 4.78 Å². The minimum Gasteiger partial charge on any atom is -0.423 e. The zero-order valence-electron chi connectivity index (χ0n) is 9.94. The Morgan fingerprint density at radius 3 is 2.50 bits per heavy atom. The van der Waals surface area contributed by atoms with E-state index in [9.17, 15) is 0 Å². The number of nitrogens with one attached hydrogen (secondary N) is 1. The maximum absolute atomic E-state index is 8.97. The molecule has 90 valence electrons. The van der Waals surface area contributed by atoms with Gasteiger partial charge in [-0.1, -0.05) is 32.8 Å². The molecule has 1 aromatic rings. The van der Waals surface area contributed by atoms with Gasteiger partial charge < -0.3 is 15.4 Å². The largest absolute Gasteiger partial charge is 0.499 e. The highest BCUT2D eigenvalue weighted by molar-refractivity contribution is 7.22. The second-order valence-electron chi connectivity index (χ2n) is 3.99. The molecule has 0 bridgehead atoms. The number of hydrogen-bond donors (Lipinski definition) is 3. The lowest BCUT2D eigenvalue weighted by Crippen LogP contribution is -2.26. The molecule has 0 aliphatic carbocycles. The van der Waals surface area contributed by atoms with Gasteiger partial charge in [0, 0.05) is 16.2 Å². The Kier molecular flexibility index (Phi) is 6.05. The molecule has 0 radical (unpaired) electrons. The van der Waals surface area contributed by atoms with E-state index in [1.807, 2.05) is 6.07 Å². The van der Waals surface area contributed by atoms with Crippen molar-refractivity contribution in [2.75, 3.05) is 6.54 Å². The molecule has 3 nitrogen and oxygen atoms in total. The smallest absolute Gasteiger partial charge is 0.423 e. The summed E-state index contributed by atoms with van der Waals surface area (Å²) in [6, 6.07) is 3.71. The molecule has 0 aliphatic heterocycles. The molecule has 0 atom stereocenters. The standard InChI is InChI=1S/C11H20BNO2S/c1-3-9(4-2)7-13-8-10-5-6-11(16-10)12(14)15/h5-6,9,13-15H,3-4,7-8H2,1-2H3. The quantitative estimate of drug-likeness (QED) is 0.623. The van der Waals surface area contributed by atoms with Gasteiger partial charge in [-0.15, -0.1) is 11.3 Å². The third kappa shape index (κ3) is 4.25. The SMILES string of the molecule is CCC(CC)CNCc1ccc(B(O)O)s1. The van der Waals surface area contributed by atoms with E-state index >= 15 is 0 Å². The van der Waals surface area contributed by atoms with Crippen LogP contribution in [0.3, 0.4) is 0 Å². The fourth-order valence-corrected chi connectivity index (χ4v) is 2.46. The average Bonchev–Trinajstić information content (AvgIpc) is 2.73. The lowest BCUT2D eigenvalue weighted by Gasteiger charge is -2.12. The Bertz CT molecular complexity index is 300. The van der Waals surface area contributed by atoms with E-state index in [-0.39, 0.29) is 0 Å². The third-order valence-corrected chi connectivity index (χ3v) is 3.95. The Morgan fingerprint density at radius 1 is 1.31 bits per heavy atom. The Balaban J connectivity index is 2.31. The van der Waals surface area contributed by atoms with Crippen LogP contribution in [-0.4, -0.2) is 23.7 Å². The van der Waals surface area contributed by atoms with Gasteiger partial charge in [-0.3, -0.25) is 0 Å². The first-order valence-electron chi connectivity index (χ1n) is 5.82. The number of hydrogen-bond acceptors (Lipinski definition) is 4. The van der Waals surface area contributed by atoms with Gasteiger partial charge in [-0.25, -0.2) is 0 Å². The molecule has 1 aromatic heterocycles. The third-order valence-electron chi connectivity index (χ3n) is 2.82. The van der Waals surface area contributed by atoms with E-state index < -0.39 is 7.12 Å². The highest BCUT2D eigenvalue weighted by atomic mass is 32.1. The van der Waals surface area contributed by atoms with Gasteiger partial charge in [-0.05, 0) is 18.5 Å². The van der Waals surface area contributed by atoms with Crippen molar-refractivity contribution in [3.8, 4) is 0 Å². The molecule has 0 fully saturated rings. The Morgan fingerprint density at radius 2 is 2.00 bits per heavy atom. The van der Waals surface area contributed by atoms with Crippen LogP contribution in [0, 0.1) is 5.92 Å². The maximum atomic E-state index is 8.97. The zero-order valence-corrected chi connectivity index (χ0v) is 10.8. The Hall–Kier alpha value is -0.355. The fourth-order valence-electron chi connectivity index (χ4n) is 1.61. The van der Waals surface area contributed by atoms with Crippen molar-refractivity contribution in [2.24, 2.45) is 5.92 Å². The molecule has 1 heterocycles. The predicted octanol–water partition coefficient (Wildman–Crippen LogP) is 0.954. The minimum atomic E-state index is -1.34. The first-order chi connectivity index (χ1) is 7.67. The van der Waals surface area contributed by atoms with Crippen LogP contribution >= 0.6 is 11.3 Å². The van der Waals surface area contributed by atoms with Crippen LogP contribution in [0.5, 0.6) is 0 Å². The van der Waals surface area contributed by atoms with E-state index in [2.05, 4.69) is 19.2 Å². The summed E-state index contributed by atoms with van der Waals surface area (Å²) in [5, 5.41) is 21.3. The Labute approximate surface area is 102 Å². The van der Waals surface area contributed by atoms with Crippen LogP contribution in [0.15, 0.2) is 12.1 Å². The van der Waals surface area contributed by atoms with Crippen molar-refractivity contribution in [1.29, 1.82) is 0 Å². The van der Waals surface area contributed by atoms with Gasteiger partial charge in [0.2, 0.25) is 0 Å². The summed E-state index contributed by atoms with van der Waals surface area (Å²) in [6.45, 7) is 6.26. The minimum absolute atomic E-state index is 0.610. The maximum Gasteiger partial charge on any atom is 0.499 e. The molecule has 1 rings (SSSR count). The summed E-state index contributed by atoms with van der Waals surface area (Å²) >= 11 is 1.45. The molecule has 0 amide bonds. The van der Waals surface area contributed by atoms with Crippen LogP contribution < -0.4 is 10.1 Å². The number of thiophene rings is 1. The molecular formula is C11H20BNO2S. The summed E-state index contributed by atoms with van der Waals surface area (Å²) in [7, 11) is -1.34. The second kappa shape index (κ2) is 7.07. The van der Waals surface area contributed by atoms with Crippen LogP contribution in [0.2, 0.25) is 0 Å².